The summed E-state index contributed by atoms with van der Waals surface area (Å²) in [6.07, 6.45) is -1.28. The fourth-order valence-corrected chi connectivity index (χ4v) is 4.62. The van der Waals surface area contributed by atoms with Gasteiger partial charge in [0.1, 0.15) is 12.4 Å². The molecular weight excluding hydrogens is 417 g/mol. The van der Waals surface area contributed by atoms with Gasteiger partial charge in [-0.1, -0.05) is 54.1 Å². The average molecular weight is 440 g/mol. The first-order valence-electron chi connectivity index (χ1n) is 9.01. The van der Waals surface area contributed by atoms with Crippen molar-refractivity contribution in [3.63, 3.8) is 0 Å². The summed E-state index contributed by atoms with van der Waals surface area (Å²) in [6.45, 7) is -0.00340. The molecule has 156 valence electrons. The molecule has 3 N–H and O–H groups in total. The van der Waals surface area contributed by atoms with Crippen molar-refractivity contribution in [2.75, 3.05) is 6.16 Å². The second-order valence-corrected chi connectivity index (χ2v) is 9.53. The van der Waals surface area contributed by atoms with Gasteiger partial charge < -0.3 is 20.1 Å². The van der Waals surface area contributed by atoms with Crippen molar-refractivity contribution < 1.29 is 28.9 Å². The van der Waals surface area contributed by atoms with E-state index >= 15 is 0 Å². The molecule has 9 heteroatoms. The number of carbonyl (C=O) groups excluding carboxylic acids is 1. The minimum Gasteiger partial charge on any atom is -0.481 e. The zero-order chi connectivity index (χ0) is 21.3. The first kappa shape index (κ1) is 22.9. The lowest BCUT2D eigenvalue weighted by Gasteiger charge is -2.23. The summed E-state index contributed by atoms with van der Waals surface area (Å²) in [4.78, 5) is 33.5. The number of carboxylic acid groups (broad SMARTS) is 1. The maximum absolute atomic E-state index is 12.9. The Morgan fingerprint density at radius 1 is 1.10 bits per heavy atom. The number of ether oxygens (including phenoxy) is 1. The van der Waals surface area contributed by atoms with Crippen LogP contribution in [-0.2, 0) is 27.1 Å². The molecule has 0 fully saturated rings. The summed E-state index contributed by atoms with van der Waals surface area (Å²) in [7, 11) is -3.91. The van der Waals surface area contributed by atoms with E-state index in [0.29, 0.717) is 5.02 Å². The van der Waals surface area contributed by atoms with Crippen molar-refractivity contribution >= 4 is 31.0 Å². The van der Waals surface area contributed by atoms with Gasteiger partial charge in [0.2, 0.25) is 7.37 Å². The molecule has 0 radical (unpaired) electrons. The van der Waals surface area contributed by atoms with Gasteiger partial charge in [-0.05, 0) is 36.1 Å². The van der Waals surface area contributed by atoms with Crippen LogP contribution in [0.15, 0.2) is 54.6 Å². The molecule has 29 heavy (non-hydrogen) atoms. The average Bonchev–Trinajstić information content (AvgIpc) is 2.68. The molecule has 2 atom stereocenters. The van der Waals surface area contributed by atoms with E-state index in [4.69, 9.17) is 21.4 Å². The first-order chi connectivity index (χ1) is 13.8. The van der Waals surface area contributed by atoms with Crippen LogP contribution < -0.4 is 5.32 Å². The lowest BCUT2D eigenvalue weighted by atomic mass is 10.2. The molecule has 2 rings (SSSR count). The Labute approximate surface area is 174 Å². The van der Waals surface area contributed by atoms with Crippen molar-refractivity contribution in [3.05, 3.63) is 70.7 Å². The standard InChI is InChI=1S/C20H23ClNO6P/c21-17-8-4-7-15(13-17)11-12-29(26,27)18(9-10-19(23)24)22-20(25)28-14-16-5-2-1-3-6-16/h1-8,13,18H,9-12,14H2,(H,22,25)(H,23,24)(H,26,27). The number of hydrogen-bond donors (Lipinski definition) is 3. The Morgan fingerprint density at radius 3 is 2.45 bits per heavy atom. The summed E-state index contributed by atoms with van der Waals surface area (Å²) < 4.78 is 17.9. The van der Waals surface area contributed by atoms with Gasteiger partial charge in [0, 0.05) is 17.6 Å². The van der Waals surface area contributed by atoms with Crippen LogP contribution in [0.5, 0.6) is 0 Å². The van der Waals surface area contributed by atoms with Crippen molar-refractivity contribution in [2.45, 2.75) is 31.7 Å². The number of amides is 1. The zero-order valence-electron chi connectivity index (χ0n) is 15.7. The molecule has 7 nitrogen and oxygen atoms in total. The van der Waals surface area contributed by atoms with E-state index in [1.807, 2.05) is 6.07 Å². The normalized spacial score (nSPS) is 13.9. The number of aliphatic carboxylic acids is 1. The molecule has 0 heterocycles. The zero-order valence-corrected chi connectivity index (χ0v) is 17.3. The highest BCUT2D eigenvalue weighted by Crippen LogP contribution is 2.47. The van der Waals surface area contributed by atoms with Crippen LogP contribution in [0.25, 0.3) is 0 Å². The predicted octanol–water partition coefficient (Wildman–Crippen LogP) is 4.27. The lowest BCUT2D eigenvalue weighted by molar-refractivity contribution is -0.137. The molecule has 0 saturated carbocycles. The second kappa shape index (κ2) is 11.0. The number of halogens is 1. The molecule has 0 aromatic heterocycles. The number of aryl methyl sites for hydroxylation is 1. The van der Waals surface area contributed by atoms with Gasteiger partial charge in [-0.25, -0.2) is 4.79 Å². The third-order valence-electron chi connectivity index (χ3n) is 4.23. The molecule has 0 spiro atoms. The van der Waals surface area contributed by atoms with Crippen molar-refractivity contribution in [2.24, 2.45) is 0 Å². The SMILES string of the molecule is O=C(O)CCC(NC(=O)OCc1ccccc1)P(=O)(O)CCc1cccc(Cl)c1. The Balaban J connectivity index is 1.99. The third-order valence-corrected chi connectivity index (χ3v) is 6.69. The third kappa shape index (κ3) is 8.28. The van der Waals surface area contributed by atoms with E-state index in [2.05, 4.69) is 5.32 Å². The molecule has 0 aliphatic rings. The smallest absolute Gasteiger partial charge is 0.408 e. The minimum absolute atomic E-state index is 0.00340. The highest BCUT2D eigenvalue weighted by Gasteiger charge is 2.32. The first-order valence-corrected chi connectivity index (χ1v) is 11.3. The fourth-order valence-electron chi connectivity index (χ4n) is 2.67. The van der Waals surface area contributed by atoms with Gasteiger partial charge in [0.15, 0.2) is 0 Å². The highest BCUT2D eigenvalue weighted by atomic mass is 35.5. The number of carbonyl (C=O) groups is 2. The van der Waals surface area contributed by atoms with Crippen LogP contribution >= 0.6 is 19.0 Å². The van der Waals surface area contributed by atoms with Crippen LogP contribution in [0.1, 0.15) is 24.0 Å². The van der Waals surface area contributed by atoms with Gasteiger partial charge in [-0.3, -0.25) is 9.36 Å². The molecule has 1 amide bonds. The molecule has 2 unspecified atom stereocenters. The lowest BCUT2D eigenvalue weighted by Crippen LogP contribution is -2.36. The molecular formula is C20H23ClNO6P. The number of alkyl carbamates (subject to hydrolysis) is 1. The summed E-state index contributed by atoms with van der Waals surface area (Å²) >= 11 is 5.93. The summed E-state index contributed by atoms with van der Waals surface area (Å²) in [5.41, 5.74) is 1.54. The molecule has 0 aliphatic carbocycles. The Hall–Kier alpha value is -2.34. The monoisotopic (exact) mass is 439 g/mol. The van der Waals surface area contributed by atoms with Crippen molar-refractivity contribution in [3.8, 4) is 0 Å². The van der Waals surface area contributed by atoms with Gasteiger partial charge in [-0.2, -0.15) is 0 Å². The van der Waals surface area contributed by atoms with Crippen LogP contribution in [0.3, 0.4) is 0 Å². The van der Waals surface area contributed by atoms with Crippen LogP contribution in [0.4, 0.5) is 4.79 Å². The van der Waals surface area contributed by atoms with E-state index in [0.717, 1.165) is 11.1 Å². The highest BCUT2D eigenvalue weighted by molar-refractivity contribution is 7.58. The number of benzene rings is 2. The van der Waals surface area contributed by atoms with Gasteiger partial charge in [0.25, 0.3) is 0 Å². The summed E-state index contributed by atoms with van der Waals surface area (Å²) in [5.74, 6) is -2.34. The van der Waals surface area contributed by atoms with Crippen molar-refractivity contribution in [1.29, 1.82) is 0 Å². The molecule has 2 aromatic rings. The molecule has 0 aliphatic heterocycles. The van der Waals surface area contributed by atoms with E-state index < -0.39 is 25.2 Å². The van der Waals surface area contributed by atoms with E-state index in [1.54, 1.807) is 48.5 Å². The quantitative estimate of drug-likeness (QED) is 0.476. The number of carboxylic acids is 1. The molecule has 0 saturated heterocycles. The van der Waals surface area contributed by atoms with Gasteiger partial charge >= 0.3 is 12.1 Å². The van der Waals surface area contributed by atoms with E-state index in [-0.39, 0.29) is 32.0 Å². The number of rotatable bonds is 10. The maximum Gasteiger partial charge on any atom is 0.408 e. The largest absolute Gasteiger partial charge is 0.481 e. The number of nitrogens with one attached hydrogen (secondary N) is 1. The van der Waals surface area contributed by atoms with Crippen LogP contribution in [0.2, 0.25) is 5.02 Å². The van der Waals surface area contributed by atoms with E-state index in [9.17, 15) is 19.0 Å². The topological polar surface area (TPSA) is 113 Å². The molecule has 0 bridgehead atoms. The van der Waals surface area contributed by atoms with Gasteiger partial charge in [0.05, 0.1) is 0 Å². The second-order valence-electron chi connectivity index (χ2n) is 6.51. The fraction of sp³-hybridized carbons (Fsp3) is 0.300. The van der Waals surface area contributed by atoms with Crippen molar-refractivity contribution in [1.82, 2.24) is 5.32 Å². The van der Waals surface area contributed by atoms with Crippen LogP contribution in [-0.4, -0.2) is 34.0 Å². The van der Waals surface area contributed by atoms with E-state index in [1.165, 1.54) is 0 Å². The Kier molecular flexibility index (Phi) is 8.70. The summed E-state index contributed by atoms with van der Waals surface area (Å²) in [6, 6.07) is 15.9. The Morgan fingerprint density at radius 2 is 1.79 bits per heavy atom. The predicted molar refractivity (Wildman–Crippen MR) is 110 cm³/mol. The number of hydrogen-bond acceptors (Lipinski definition) is 4. The molecule has 2 aromatic carbocycles. The maximum atomic E-state index is 12.9. The van der Waals surface area contributed by atoms with Gasteiger partial charge in [-0.15, -0.1) is 0 Å². The summed E-state index contributed by atoms with van der Waals surface area (Å²) in [5, 5.41) is 11.8. The minimum atomic E-state index is -3.91. The van der Waals surface area contributed by atoms with Crippen LogP contribution in [0, 0.1) is 0 Å². The Bertz CT molecular complexity index is 876.